The van der Waals surface area contributed by atoms with Crippen LogP contribution in [0, 0.1) is 0 Å². The van der Waals surface area contributed by atoms with Crippen molar-refractivity contribution in [2.24, 2.45) is 0 Å². The molecule has 6 heteroatoms. The van der Waals surface area contributed by atoms with Crippen LogP contribution in [0.15, 0.2) is 36.7 Å². The average Bonchev–Trinajstić information content (AvgIpc) is 2.91. The number of hydrogen-bond donors (Lipinski definition) is 2. The predicted octanol–water partition coefficient (Wildman–Crippen LogP) is 1.03. The van der Waals surface area contributed by atoms with Crippen LogP contribution in [0.5, 0.6) is 11.5 Å². The zero-order valence-corrected chi connectivity index (χ0v) is 10.5. The van der Waals surface area contributed by atoms with Crippen LogP contribution < -0.4 is 10.1 Å². The van der Waals surface area contributed by atoms with E-state index < -0.39 is 0 Å². The zero-order chi connectivity index (χ0) is 13.7. The Morgan fingerprint density at radius 2 is 2.37 bits per heavy atom. The van der Waals surface area contributed by atoms with Gasteiger partial charge in [0.15, 0.2) is 11.5 Å². The van der Waals surface area contributed by atoms with Gasteiger partial charge in [-0.3, -0.25) is 9.48 Å². The van der Waals surface area contributed by atoms with E-state index in [1.165, 1.54) is 13.2 Å². The summed E-state index contributed by atoms with van der Waals surface area (Å²) in [6, 6.07) is 6.35. The van der Waals surface area contributed by atoms with Crippen molar-refractivity contribution in [1.29, 1.82) is 0 Å². The second-order valence-corrected chi connectivity index (χ2v) is 3.91. The molecule has 0 atom stereocenters. The molecule has 0 saturated carbocycles. The molecule has 2 rings (SSSR count). The van der Waals surface area contributed by atoms with E-state index in [1.54, 1.807) is 23.0 Å². The molecule has 0 fully saturated rings. The largest absolute Gasteiger partial charge is 0.504 e. The molecular weight excluding hydrogens is 246 g/mol. The molecule has 0 saturated heterocycles. The molecule has 0 aliphatic rings. The van der Waals surface area contributed by atoms with Gasteiger partial charge in [-0.05, 0) is 24.3 Å². The maximum absolute atomic E-state index is 11.8. The zero-order valence-electron chi connectivity index (χ0n) is 10.5. The number of amides is 1. The maximum atomic E-state index is 11.8. The SMILES string of the molecule is COc1ccc(C(=O)NCCn2cccn2)cc1O. The van der Waals surface area contributed by atoms with Gasteiger partial charge in [-0.1, -0.05) is 0 Å². The number of nitrogens with zero attached hydrogens (tertiary/aromatic N) is 2. The molecule has 0 aliphatic carbocycles. The monoisotopic (exact) mass is 261 g/mol. The van der Waals surface area contributed by atoms with E-state index in [4.69, 9.17) is 4.74 Å². The number of carbonyl (C=O) groups excluding carboxylic acids is 1. The molecule has 1 aromatic heterocycles. The van der Waals surface area contributed by atoms with Gasteiger partial charge in [0.1, 0.15) is 0 Å². The van der Waals surface area contributed by atoms with Gasteiger partial charge in [0.2, 0.25) is 0 Å². The van der Waals surface area contributed by atoms with Gasteiger partial charge in [0.05, 0.1) is 13.7 Å². The highest BCUT2D eigenvalue weighted by Gasteiger charge is 2.08. The Morgan fingerprint density at radius 1 is 1.53 bits per heavy atom. The lowest BCUT2D eigenvalue weighted by atomic mass is 10.2. The molecule has 2 aromatic rings. The molecule has 1 heterocycles. The van der Waals surface area contributed by atoms with Crippen molar-refractivity contribution < 1.29 is 14.6 Å². The molecule has 0 radical (unpaired) electrons. The average molecular weight is 261 g/mol. The Morgan fingerprint density at radius 3 is 3.00 bits per heavy atom. The van der Waals surface area contributed by atoms with Crippen molar-refractivity contribution in [1.82, 2.24) is 15.1 Å². The summed E-state index contributed by atoms with van der Waals surface area (Å²) in [5, 5.41) is 16.4. The van der Waals surface area contributed by atoms with E-state index in [-0.39, 0.29) is 11.7 Å². The predicted molar refractivity (Wildman–Crippen MR) is 69.2 cm³/mol. The highest BCUT2D eigenvalue weighted by atomic mass is 16.5. The summed E-state index contributed by atoms with van der Waals surface area (Å²) in [5.41, 5.74) is 0.388. The molecule has 0 bridgehead atoms. The van der Waals surface area contributed by atoms with Crippen molar-refractivity contribution in [2.45, 2.75) is 6.54 Å². The van der Waals surface area contributed by atoms with Crippen LogP contribution in [0.4, 0.5) is 0 Å². The third-order valence-corrected chi connectivity index (χ3v) is 2.63. The fourth-order valence-corrected chi connectivity index (χ4v) is 1.65. The number of carbonyl (C=O) groups is 1. The van der Waals surface area contributed by atoms with Gasteiger partial charge in [-0.15, -0.1) is 0 Å². The van der Waals surface area contributed by atoms with Gasteiger partial charge in [-0.2, -0.15) is 5.10 Å². The first-order chi connectivity index (χ1) is 9.20. The van der Waals surface area contributed by atoms with Crippen molar-refractivity contribution in [3.8, 4) is 11.5 Å². The van der Waals surface area contributed by atoms with Crippen LogP contribution in [-0.4, -0.2) is 34.4 Å². The molecular formula is C13H15N3O3. The van der Waals surface area contributed by atoms with Crippen molar-refractivity contribution in [3.05, 3.63) is 42.2 Å². The summed E-state index contributed by atoms with van der Waals surface area (Å²) in [6.07, 6.45) is 3.51. The van der Waals surface area contributed by atoms with Gasteiger partial charge in [0.25, 0.3) is 5.91 Å². The molecule has 100 valence electrons. The van der Waals surface area contributed by atoms with Gasteiger partial charge in [-0.25, -0.2) is 0 Å². The van der Waals surface area contributed by atoms with Crippen LogP contribution in [0.25, 0.3) is 0 Å². The number of aromatic hydroxyl groups is 1. The van der Waals surface area contributed by atoms with E-state index >= 15 is 0 Å². The molecule has 1 aromatic carbocycles. The van der Waals surface area contributed by atoms with E-state index in [0.29, 0.717) is 24.4 Å². The number of phenolic OH excluding ortho intramolecular Hbond substituents is 1. The van der Waals surface area contributed by atoms with Crippen molar-refractivity contribution in [3.63, 3.8) is 0 Å². The summed E-state index contributed by atoms with van der Waals surface area (Å²) in [6.45, 7) is 1.06. The molecule has 0 aliphatic heterocycles. The van der Waals surface area contributed by atoms with E-state index in [0.717, 1.165) is 0 Å². The van der Waals surface area contributed by atoms with E-state index in [9.17, 15) is 9.90 Å². The number of hydrogen-bond acceptors (Lipinski definition) is 4. The number of benzene rings is 1. The van der Waals surface area contributed by atoms with Gasteiger partial charge < -0.3 is 15.2 Å². The molecule has 6 nitrogen and oxygen atoms in total. The number of methoxy groups -OCH3 is 1. The van der Waals surface area contributed by atoms with Crippen LogP contribution in [0.2, 0.25) is 0 Å². The minimum absolute atomic E-state index is 0.0535. The lowest BCUT2D eigenvalue weighted by Crippen LogP contribution is -2.27. The molecule has 19 heavy (non-hydrogen) atoms. The Labute approximate surface area is 110 Å². The van der Waals surface area contributed by atoms with Crippen LogP contribution in [0.3, 0.4) is 0 Å². The highest BCUT2D eigenvalue weighted by molar-refractivity contribution is 5.94. The Bertz CT molecular complexity index is 552. The summed E-state index contributed by atoms with van der Waals surface area (Å²) >= 11 is 0. The quantitative estimate of drug-likeness (QED) is 0.842. The van der Waals surface area contributed by atoms with Crippen LogP contribution in [0.1, 0.15) is 10.4 Å². The summed E-state index contributed by atoms with van der Waals surface area (Å²) in [5.74, 6) is 0.0421. The molecule has 1 amide bonds. The molecule has 2 N–H and O–H groups in total. The Kier molecular flexibility index (Phi) is 4.02. The fourth-order valence-electron chi connectivity index (χ4n) is 1.65. The smallest absolute Gasteiger partial charge is 0.251 e. The number of phenols is 1. The van der Waals surface area contributed by atoms with Crippen molar-refractivity contribution in [2.75, 3.05) is 13.7 Å². The Hall–Kier alpha value is -2.50. The summed E-state index contributed by atoms with van der Waals surface area (Å²) < 4.78 is 6.64. The number of nitrogens with one attached hydrogen (secondary N) is 1. The van der Waals surface area contributed by atoms with E-state index in [2.05, 4.69) is 10.4 Å². The molecule has 0 spiro atoms. The number of ether oxygens (including phenoxy) is 1. The normalized spacial score (nSPS) is 10.2. The first kappa shape index (κ1) is 12.9. The highest BCUT2D eigenvalue weighted by Crippen LogP contribution is 2.25. The maximum Gasteiger partial charge on any atom is 0.251 e. The third kappa shape index (κ3) is 3.25. The topological polar surface area (TPSA) is 76.4 Å². The van der Waals surface area contributed by atoms with Gasteiger partial charge in [0, 0.05) is 24.5 Å². The first-order valence-electron chi connectivity index (χ1n) is 5.83. The minimum atomic E-state index is -0.245. The summed E-state index contributed by atoms with van der Waals surface area (Å²) in [7, 11) is 1.46. The van der Waals surface area contributed by atoms with Gasteiger partial charge >= 0.3 is 0 Å². The minimum Gasteiger partial charge on any atom is -0.504 e. The standard InChI is InChI=1S/C13H15N3O3/c1-19-12-4-3-10(9-11(12)17)13(18)14-6-8-16-7-2-5-15-16/h2-5,7,9,17H,6,8H2,1H3,(H,14,18). The second-order valence-electron chi connectivity index (χ2n) is 3.91. The van der Waals surface area contributed by atoms with Crippen LogP contribution in [-0.2, 0) is 6.54 Å². The van der Waals surface area contributed by atoms with E-state index in [1.807, 2.05) is 12.3 Å². The number of rotatable bonds is 5. The molecule has 0 unspecified atom stereocenters. The first-order valence-corrected chi connectivity index (χ1v) is 5.83. The van der Waals surface area contributed by atoms with Crippen molar-refractivity contribution >= 4 is 5.91 Å². The lowest BCUT2D eigenvalue weighted by molar-refractivity contribution is 0.0951. The summed E-state index contributed by atoms with van der Waals surface area (Å²) in [4.78, 5) is 11.8. The lowest BCUT2D eigenvalue weighted by Gasteiger charge is -2.07. The second kappa shape index (κ2) is 5.90. The number of aromatic nitrogens is 2. The fraction of sp³-hybridized carbons (Fsp3) is 0.231. The Balaban J connectivity index is 1.91. The van der Waals surface area contributed by atoms with Crippen LogP contribution >= 0.6 is 0 Å². The third-order valence-electron chi connectivity index (χ3n) is 2.63.